The lowest BCUT2D eigenvalue weighted by atomic mass is 10.1. The highest BCUT2D eigenvalue weighted by Gasteiger charge is 2.18. The Kier molecular flexibility index (Phi) is 5.18. The molecule has 0 amide bonds. The second kappa shape index (κ2) is 6.89. The number of sulfone groups is 1. The average Bonchev–Trinajstić information content (AvgIpc) is 2.45. The molecule has 2 nitrogen and oxygen atoms in total. The highest BCUT2D eigenvalue weighted by atomic mass is 32.2. The molecular formula is C17H22O2S. The summed E-state index contributed by atoms with van der Waals surface area (Å²) in [4.78, 5) is 0.833. The van der Waals surface area contributed by atoms with Gasteiger partial charge in [-0.1, -0.05) is 42.7 Å². The smallest absolute Gasteiger partial charge is 0.206 e. The summed E-state index contributed by atoms with van der Waals surface area (Å²) in [6.45, 7) is 1.96. The molecule has 0 radical (unpaired) electrons. The van der Waals surface area contributed by atoms with E-state index in [0.29, 0.717) is 9.80 Å². The standard InChI is InChI=1S/C17H22O2S/c1-15-11-13-17(14-12-15)20(18,19)16-9-7-5-3-2-4-6-8-10-16/h7,9-14H,2-6,8H2,1H3/b9-7+,16-10+. The lowest BCUT2D eigenvalue weighted by Crippen LogP contribution is -2.03. The van der Waals surface area contributed by atoms with Crippen molar-refractivity contribution in [3.63, 3.8) is 0 Å². The van der Waals surface area contributed by atoms with E-state index < -0.39 is 9.84 Å². The van der Waals surface area contributed by atoms with E-state index in [9.17, 15) is 8.42 Å². The molecule has 0 spiro atoms. The first-order chi connectivity index (χ1) is 9.60. The largest absolute Gasteiger partial charge is 0.219 e. The first kappa shape index (κ1) is 15.0. The summed E-state index contributed by atoms with van der Waals surface area (Å²) >= 11 is 0. The van der Waals surface area contributed by atoms with Gasteiger partial charge in [0, 0.05) is 0 Å². The van der Waals surface area contributed by atoms with Crippen LogP contribution in [0, 0.1) is 6.92 Å². The third-order valence-electron chi connectivity index (χ3n) is 3.59. The molecule has 0 fully saturated rings. The van der Waals surface area contributed by atoms with E-state index in [4.69, 9.17) is 0 Å². The quantitative estimate of drug-likeness (QED) is 0.800. The molecule has 20 heavy (non-hydrogen) atoms. The van der Waals surface area contributed by atoms with Gasteiger partial charge < -0.3 is 0 Å². The number of hydrogen-bond acceptors (Lipinski definition) is 2. The zero-order chi connectivity index (χ0) is 14.4. The number of aryl methyl sites for hydroxylation is 1. The fourth-order valence-electron chi connectivity index (χ4n) is 2.32. The Bertz CT molecular complexity index is 592. The van der Waals surface area contributed by atoms with E-state index >= 15 is 0 Å². The molecule has 0 bridgehead atoms. The van der Waals surface area contributed by atoms with Crippen LogP contribution in [0.25, 0.3) is 0 Å². The van der Waals surface area contributed by atoms with Gasteiger partial charge >= 0.3 is 0 Å². The van der Waals surface area contributed by atoms with Crippen molar-refractivity contribution in [2.24, 2.45) is 0 Å². The van der Waals surface area contributed by atoms with E-state index in [1.807, 2.05) is 31.2 Å². The predicted octanol–water partition coefficient (Wildman–Crippen LogP) is 4.56. The van der Waals surface area contributed by atoms with Crippen LogP contribution in [0.3, 0.4) is 0 Å². The van der Waals surface area contributed by atoms with Gasteiger partial charge in [0.15, 0.2) is 0 Å². The van der Waals surface area contributed by atoms with Gasteiger partial charge in [-0.3, -0.25) is 0 Å². The van der Waals surface area contributed by atoms with Crippen molar-refractivity contribution in [2.45, 2.75) is 50.3 Å². The maximum absolute atomic E-state index is 12.6. The van der Waals surface area contributed by atoms with Gasteiger partial charge in [-0.2, -0.15) is 0 Å². The van der Waals surface area contributed by atoms with Crippen LogP contribution in [0.4, 0.5) is 0 Å². The van der Waals surface area contributed by atoms with Crippen molar-refractivity contribution in [1.82, 2.24) is 0 Å². The number of rotatable bonds is 2. The van der Waals surface area contributed by atoms with Crippen molar-refractivity contribution in [2.75, 3.05) is 0 Å². The van der Waals surface area contributed by atoms with Gasteiger partial charge in [0.1, 0.15) is 0 Å². The molecule has 0 saturated heterocycles. The molecule has 0 N–H and O–H groups in total. The lowest BCUT2D eigenvalue weighted by Gasteiger charge is -2.08. The highest BCUT2D eigenvalue weighted by molar-refractivity contribution is 7.95. The van der Waals surface area contributed by atoms with Crippen LogP contribution >= 0.6 is 0 Å². The van der Waals surface area contributed by atoms with Crippen molar-refractivity contribution in [3.05, 3.63) is 53.0 Å². The molecule has 2 rings (SSSR count). The van der Waals surface area contributed by atoms with E-state index in [2.05, 4.69) is 0 Å². The van der Waals surface area contributed by atoms with E-state index in [1.165, 1.54) is 12.8 Å². The molecule has 3 heteroatoms. The van der Waals surface area contributed by atoms with Crippen LogP contribution in [-0.2, 0) is 9.84 Å². The van der Waals surface area contributed by atoms with Gasteiger partial charge in [-0.15, -0.1) is 0 Å². The monoisotopic (exact) mass is 290 g/mol. The minimum atomic E-state index is -3.37. The first-order valence-corrected chi connectivity index (χ1v) is 8.77. The Morgan fingerprint density at radius 3 is 2.25 bits per heavy atom. The molecular weight excluding hydrogens is 268 g/mol. The number of benzene rings is 1. The predicted molar refractivity (Wildman–Crippen MR) is 83.3 cm³/mol. The summed E-state index contributed by atoms with van der Waals surface area (Å²) in [5.41, 5.74) is 1.07. The topological polar surface area (TPSA) is 34.1 Å². The molecule has 108 valence electrons. The molecule has 0 heterocycles. The van der Waals surface area contributed by atoms with Crippen molar-refractivity contribution in [1.29, 1.82) is 0 Å². The van der Waals surface area contributed by atoms with Gasteiger partial charge in [0.25, 0.3) is 0 Å². The van der Waals surface area contributed by atoms with Crippen LogP contribution in [0.2, 0.25) is 0 Å². The molecule has 0 unspecified atom stereocenters. The molecule has 1 aromatic rings. The van der Waals surface area contributed by atoms with Crippen LogP contribution in [0.15, 0.2) is 52.3 Å². The van der Waals surface area contributed by atoms with Crippen molar-refractivity contribution < 1.29 is 8.42 Å². The third kappa shape index (κ3) is 3.83. The highest BCUT2D eigenvalue weighted by Crippen LogP contribution is 2.23. The van der Waals surface area contributed by atoms with Crippen LogP contribution in [-0.4, -0.2) is 8.42 Å². The summed E-state index contributed by atoms with van der Waals surface area (Å²) in [6, 6.07) is 7.07. The maximum atomic E-state index is 12.6. The van der Waals surface area contributed by atoms with Crippen molar-refractivity contribution >= 4 is 9.84 Å². The zero-order valence-corrected chi connectivity index (χ0v) is 12.8. The summed E-state index contributed by atoms with van der Waals surface area (Å²) in [7, 11) is -3.37. The Morgan fingerprint density at radius 1 is 0.900 bits per heavy atom. The van der Waals surface area contributed by atoms with Crippen LogP contribution < -0.4 is 0 Å². The Morgan fingerprint density at radius 2 is 1.55 bits per heavy atom. The fourth-order valence-corrected chi connectivity index (χ4v) is 3.70. The fraction of sp³-hybridized carbons (Fsp3) is 0.412. The SMILES string of the molecule is Cc1ccc(S(=O)(=O)C2=C/CCCCCC\C=C\2)cc1. The Labute approximate surface area is 122 Å². The van der Waals surface area contributed by atoms with Crippen LogP contribution in [0.5, 0.6) is 0 Å². The molecule has 1 aliphatic rings. The van der Waals surface area contributed by atoms with Gasteiger partial charge in [-0.05, 0) is 50.8 Å². The summed E-state index contributed by atoms with van der Waals surface area (Å²) in [5.74, 6) is 0. The lowest BCUT2D eigenvalue weighted by molar-refractivity contribution is 0.602. The summed E-state index contributed by atoms with van der Waals surface area (Å²) in [5, 5.41) is 0. The molecule has 1 aromatic carbocycles. The minimum absolute atomic E-state index is 0.385. The number of hydrogen-bond donors (Lipinski definition) is 0. The van der Waals surface area contributed by atoms with E-state index in [0.717, 1.165) is 31.2 Å². The van der Waals surface area contributed by atoms with Gasteiger partial charge in [-0.25, -0.2) is 8.42 Å². The Hall–Kier alpha value is -1.35. The average molecular weight is 290 g/mol. The molecule has 0 atom stereocenters. The second-order valence-electron chi connectivity index (χ2n) is 5.32. The first-order valence-electron chi connectivity index (χ1n) is 7.29. The van der Waals surface area contributed by atoms with Gasteiger partial charge in [0.2, 0.25) is 9.84 Å². The molecule has 0 aliphatic heterocycles. The summed E-state index contributed by atoms with van der Waals surface area (Å²) in [6.07, 6.45) is 12.1. The molecule has 0 aromatic heterocycles. The normalized spacial score (nSPS) is 21.8. The Balaban J connectivity index is 2.32. The van der Waals surface area contributed by atoms with Crippen LogP contribution in [0.1, 0.15) is 44.1 Å². The van der Waals surface area contributed by atoms with E-state index in [1.54, 1.807) is 18.2 Å². The van der Waals surface area contributed by atoms with Crippen molar-refractivity contribution in [3.8, 4) is 0 Å². The third-order valence-corrected chi connectivity index (χ3v) is 5.41. The number of allylic oxidation sites excluding steroid dienone is 3. The minimum Gasteiger partial charge on any atom is -0.219 e. The zero-order valence-electron chi connectivity index (χ0n) is 12.0. The van der Waals surface area contributed by atoms with E-state index in [-0.39, 0.29) is 0 Å². The van der Waals surface area contributed by atoms with Gasteiger partial charge in [0.05, 0.1) is 9.80 Å². The molecule has 1 aliphatic carbocycles. The maximum Gasteiger partial charge on any atom is 0.206 e. The second-order valence-corrected chi connectivity index (χ2v) is 7.27. The molecule has 0 saturated carbocycles. The summed E-state index contributed by atoms with van der Waals surface area (Å²) < 4.78 is 25.3.